The minimum atomic E-state index is -2.92. The number of thioether (sulfide) groups is 1. The highest BCUT2D eigenvalue weighted by Gasteiger charge is 2.31. The van der Waals surface area contributed by atoms with Gasteiger partial charge in [0.25, 0.3) is 5.92 Å². The molecule has 1 aromatic carbocycles. The molecule has 2 rings (SSSR count). The Bertz CT molecular complexity index is 520. The first-order valence-corrected chi connectivity index (χ1v) is 6.21. The van der Waals surface area contributed by atoms with Crippen LogP contribution in [0.3, 0.4) is 0 Å². The van der Waals surface area contributed by atoms with Crippen LogP contribution in [0.15, 0.2) is 47.8 Å². The fourth-order valence-corrected chi connectivity index (χ4v) is 2.19. The number of hydrogen-bond acceptors (Lipinski definition) is 4. The third-order valence-electron chi connectivity index (χ3n) is 2.28. The highest BCUT2D eigenvalue weighted by Crippen LogP contribution is 2.34. The van der Waals surface area contributed by atoms with Crippen molar-refractivity contribution < 1.29 is 8.78 Å². The Labute approximate surface area is 107 Å². The number of nitrogens with zero attached hydrogens (tertiary/aromatic N) is 2. The molecule has 0 aliphatic carbocycles. The van der Waals surface area contributed by atoms with Gasteiger partial charge in [0.05, 0.1) is 5.75 Å². The second kappa shape index (κ2) is 5.30. The first-order valence-electron chi connectivity index (χ1n) is 5.22. The number of anilines is 1. The van der Waals surface area contributed by atoms with Gasteiger partial charge in [-0.1, -0.05) is 42.1 Å². The highest BCUT2D eigenvalue weighted by atomic mass is 32.2. The van der Waals surface area contributed by atoms with Crippen molar-refractivity contribution in [2.45, 2.75) is 10.9 Å². The van der Waals surface area contributed by atoms with Crippen molar-refractivity contribution in [3.05, 3.63) is 48.3 Å². The van der Waals surface area contributed by atoms with E-state index in [9.17, 15) is 8.78 Å². The summed E-state index contributed by atoms with van der Waals surface area (Å²) >= 11 is 0.900. The smallest absolute Gasteiger partial charge is 0.282 e. The second-order valence-electron chi connectivity index (χ2n) is 3.61. The van der Waals surface area contributed by atoms with Crippen LogP contribution in [0.4, 0.5) is 14.6 Å². The predicted octanol–water partition coefficient (Wildman–Crippen LogP) is 2.94. The zero-order valence-electron chi connectivity index (χ0n) is 9.38. The monoisotopic (exact) mass is 267 g/mol. The van der Waals surface area contributed by atoms with Crippen LogP contribution in [-0.4, -0.2) is 15.7 Å². The molecule has 0 bridgehead atoms. The van der Waals surface area contributed by atoms with Gasteiger partial charge in [0, 0.05) is 18.0 Å². The maximum Gasteiger partial charge on any atom is 0.282 e. The van der Waals surface area contributed by atoms with Crippen LogP contribution in [0.5, 0.6) is 0 Å². The van der Waals surface area contributed by atoms with Crippen molar-refractivity contribution in [3.8, 4) is 0 Å². The van der Waals surface area contributed by atoms with Crippen molar-refractivity contribution in [2.24, 2.45) is 0 Å². The molecule has 0 spiro atoms. The number of benzene rings is 1. The molecule has 1 heterocycles. The molecular formula is C12H11F2N3S. The van der Waals surface area contributed by atoms with Crippen molar-refractivity contribution in [2.75, 3.05) is 11.5 Å². The lowest BCUT2D eigenvalue weighted by Crippen LogP contribution is -2.16. The zero-order chi connectivity index (χ0) is 13.0. The van der Waals surface area contributed by atoms with E-state index in [-0.39, 0.29) is 11.4 Å². The molecule has 2 aromatic rings. The molecule has 6 heteroatoms. The Morgan fingerprint density at radius 2 is 1.78 bits per heavy atom. The normalized spacial score (nSPS) is 11.4. The van der Waals surface area contributed by atoms with Gasteiger partial charge in [-0.3, -0.25) is 0 Å². The molecule has 94 valence electrons. The number of hydrogen-bond donors (Lipinski definition) is 1. The van der Waals surface area contributed by atoms with Crippen LogP contribution in [0.2, 0.25) is 0 Å². The molecule has 1 aromatic heterocycles. The molecule has 0 aliphatic heterocycles. The third-order valence-corrected chi connectivity index (χ3v) is 3.37. The summed E-state index contributed by atoms with van der Waals surface area (Å²) in [5.74, 6) is -3.16. The molecule has 0 aliphatic rings. The van der Waals surface area contributed by atoms with Gasteiger partial charge in [-0.05, 0) is 0 Å². The van der Waals surface area contributed by atoms with E-state index in [1.165, 1.54) is 24.5 Å². The Kier molecular flexibility index (Phi) is 3.76. The SMILES string of the molecule is Nc1nccnc1SCC(F)(F)c1ccccc1. The van der Waals surface area contributed by atoms with Crippen LogP contribution < -0.4 is 5.73 Å². The summed E-state index contributed by atoms with van der Waals surface area (Å²) in [6.45, 7) is 0. The van der Waals surface area contributed by atoms with Crippen LogP contribution in [0, 0.1) is 0 Å². The van der Waals surface area contributed by atoms with Gasteiger partial charge >= 0.3 is 0 Å². The van der Waals surface area contributed by atoms with Gasteiger partial charge in [-0.25, -0.2) is 18.7 Å². The van der Waals surface area contributed by atoms with Crippen LogP contribution >= 0.6 is 11.8 Å². The predicted molar refractivity (Wildman–Crippen MR) is 67.5 cm³/mol. The van der Waals surface area contributed by atoms with Gasteiger partial charge < -0.3 is 5.73 Å². The largest absolute Gasteiger partial charge is 0.381 e. The lowest BCUT2D eigenvalue weighted by molar-refractivity contribution is 0.0231. The van der Waals surface area contributed by atoms with Gasteiger partial charge in [0.1, 0.15) is 5.03 Å². The van der Waals surface area contributed by atoms with Crippen molar-refractivity contribution in [1.29, 1.82) is 0 Å². The van der Waals surface area contributed by atoms with Gasteiger partial charge in [0.2, 0.25) is 0 Å². The van der Waals surface area contributed by atoms with E-state index in [0.29, 0.717) is 5.03 Å². The van der Waals surface area contributed by atoms with Gasteiger partial charge in [-0.15, -0.1) is 0 Å². The van der Waals surface area contributed by atoms with E-state index in [1.807, 2.05) is 0 Å². The Morgan fingerprint density at radius 3 is 2.44 bits per heavy atom. The maximum atomic E-state index is 13.9. The topological polar surface area (TPSA) is 51.8 Å². The van der Waals surface area contributed by atoms with Crippen molar-refractivity contribution >= 4 is 17.6 Å². The quantitative estimate of drug-likeness (QED) is 0.865. The first-order chi connectivity index (χ1) is 8.59. The summed E-state index contributed by atoms with van der Waals surface area (Å²) in [5, 5.41) is 0.327. The standard InChI is InChI=1S/C12H11F2N3S/c13-12(14,9-4-2-1-3-5-9)8-18-11-10(15)16-6-7-17-11/h1-7H,8H2,(H2,15,16). The third kappa shape index (κ3) is 2.95. The summed E-state index contributed by atoms with van der Waals surface area (Å²) in [6, 6.07) is 7.68. The minimum absolute atomic E-state index is 0.0139. The molecule has 18 heavy (non-hydrogen) atoms. The summed E-state index contributed by atoms with van der Waals surface area (Å²) in [6.07, 6.45) is 2.86. The Balaban J connectivity index is 2.08. The van der Waals surface area contributed by atoms with E-state index in [0.717, 1.165) is 11.8 Å². The minimum Gasteiger partial charge on any atom is -0.381 e. The van der Waals surface area contributed by atoms with E-state index in [4.69, 9.17) is 5.73 Å². The number of rotatable bonds is 4. The molecule has 3 nitrogen and oxygen atoms in total. The average Bonchev–Trinajstić information content (AvgIpc) is 2.39. The number of halogens is 2. The Morgan fingerprint density at radius 1 is 1.11 bits per heavy atom. The van der Waals surface area contributed by atoms with Crippen LogP contribution in [0.25, 0.3) is 0 Å². The molecule has 0 unspecified atom stereocenters. The van der Waals surface area contributed by atoms with E-state index >= 15 is 0 Å². The second-order valence-corrected chi connectivity index (χ2v) is 4.57. The molecule has 0 saturated heterocycles. The molecular weight excluding hydrogens is 256 g/mol. The van der Waals surface area contributed by atoms with Gasteiger partial charge in [0.15, 0.2) is 5.82 Å². The molecule has 0 radical (unpaired) electrons. The molecule has 0 saturated carbocycles. The number of aromatic nitrogens is 2. The van der Waals surface area contributed by atoms with E-state index in [2.05, 4.69) is 9.97 Å². The van der Waals surface area contributed by atoms with E-state index in [1.54, 1.807) is 18.2 Å². The van der Waals surface area contributed by atoms with E-state index < -0.39 is 11.7 Å². The molecule has 2 N–H and O–H groups in total. The van der Waals surface area contributed by atoms with Crippen molar-refractivity contribution in [3.63, 3.8) is 0 Å². The summed E-state index contributed by atoms with van der Waals surface area (Å²) < 4.78 is 27.7. The molecule has 0 fully saturated rings. The Hall–Kier alpha value is -1.69. The number of alkyl halides is 2. The van der Waals surface area contributed by atoms with Crippen LogP contribution in [0.1, 0.15) is 5.56 Å². The number of nitrogens with two attached hydrogens (primary N) is 1. The average molecular weight is 267 g/mol. The summed E-state index contributed by atoms with van der Waals surface area (Å²) in [7, 11) is 0. The lowest BCUT2D eigenvalue weighted by atomic mass is 10.1. The fourth-order valence-electron chi connectivity index (χ4n) is 1.37. The highest BCUT2D eigenvalue weighted by molar-refractivity contribution is 7.99. The molecule has 0 amide bonds. The summed E-state index contributed by atoms with van der Waals surface area (Å²) in [4.78, 5) is 7.72. The van der Waals surface area contributed by atoms with Gasteiger partial charge in [-0.2, -0.15) is 0 Å². The molecule has 0 atom stereocenters. The summed E-state index contributed by atoms with van der Waals surface area (Å²) in [5.41, 5.74) is 5.54. The first kappa shape index (κ1) is 12.8. The zero-order valence-corrected chi connectivity index (χ0v) is 10.2. The fraction of sp³-hybridized carbons (Fsp3) is 0.167. The van der Waals surface area contributed by atoms with Crippen LogP contribution in [-0.2, 0) is 5.92 Å². The number of nitrogen functional groups attached to an aromatic ring is 1. The lowest BCUT2D eigenvalue weighted by Gasteiger charge is -2.16. The van der Waals surface area contributed by atoms with Crippen molar-refractivity contribution in [1.82, 2.24) is 9.97 Å². The maximum absolute atomic E-state index is 13.9.